The highest BCUT2D eigenvalue weighted by Gasteiger charge is 2.13. The summed E-state index contributed by atoms with van der Waals surface area (Å²) in [7, 11) is 4.82. The third-order valence-corrected chi connectivity index (χ3v) is 1.18. The number of hydrogen-bond donors (Lipinski definition) is 1. The number of phenols is 1. The zero-order chi connectivity index (χ0) is 8.59. The van der Waals surface area contributed by atoms with E-state index >= 15 is 0 Å². The topological polar surface area (TPSA) is 20.2 Å². The van der Waals surface area contributed by atoms with Crippen molar-refractivity contribution in [3.8, 4) is 5.75 Å². The molecule has 11 heavy (non-hydrogen) atoms. The normalized spacial score (nSPS) is 10.1. The van der Waals surface area contributed by atoms with Crippen molar-refractivity contribution >= 4 is 13.3 Å². The second-order valence-corrected chi connectivity index (χ2v) is 1.92. The number of hydrogen-bond acceptors (Lipinski definition) is 1. The number of halogens is 3. The minimum atomic E-state index is -1.68. The van der Waals surface area contributed by atoms with E-state index in [1.54, 1.807) is 0 Å². The fourth-order valence-corrected chi connectivity index (χ4v) is 0.597. The van der Waals surface area contributed by atoms with Crippen molar-refractivity contribution < 1.29 is 18.3 Å². The van der Waals surface area contributed by atoms with Gasteiger partial charge in [0, 0.05) is 6.07 Å². The highest BCUT2D eigenvalue weighted by molar-refractivity contribution is 6.34. The molecule has 1 aromatic carbocycles. The Morgan fingerprint density at radius 1 is 1.18 bits per heavy atom. The fourth-order valence-electron chi connectivity index (χ4n) is 0.597. The molecule has 0 atom stereocenters. The predicted molar refractivity (Wildman–Crippen MR) is 33.4 cm³/mol. The Labute approximate surface area is 61.9 Å². The van der Waals surface area contributed by atoms with Crippen LogP contribution in [0.3, 0.4) is 0 Å². The van der Waals surface area contributed by atoms with E-state index in [0.29, 0.717) is 6.07 Å². The van der Waals surface area contributed by atoms with Crippen molar-refractivity contribution in [2.75, 3.05) is 0 Å². The molecule has 0 saturated heterocycles. The van der Waals surface area contributed by atoms with Crippen molar-refractivity contribution in [2.45, 2.75) is 0 Å². The molecule has 5 heteroatoms. The second kappa shape index (κ2) is 2.49. The van der Waals surface area contributed by atoms with Crippen molar-refractivity contribution in [1.29, 1.82) is 0 Å². The quantitative estimate of drug-likeness (QED) is 0.433. The maximum atomic E-state index is 12.4. The van der Waals surface area contributed by atoms with Gasteiger partial charge >= 0.3 is 0 Å². The van der Waals surface area contributed by atoms with Gasteiger partial charge in [-0.05, 0) is 5.46 Å². The van der Waals surface area contributed by atoms with Crippen LogP contribution in [0, 0.1) is 17.5 Å². The van der Waals surface area contributed by atoms with E-state index < -0.39 is 28.7 Å². The molecule has 0 aliphatic rings. The highest BCUT2D eigenvalue weighted by Crippen LogP contribution is 2.14. The monoisotopic (exact) mass is 158 g/mol. The third-order valence-electron chi connectivity index (χ3n) is 1.18. The van der Waals surface area contributed by atoms with Crippen LogP contribution in [0.5, 0.6) is 5.75 Å². The zero-order valence-electron chi connectivity index (χ0n) is 5.24. The minimum Gasteiger partial charge on any atom is -0.508 e. The van der Waals surface area contributed by atoms with Gasteiger partial charge in [0.1, 0.15) is 13.6 Å². The molecule has 1 N–H and O–H groups in total. The Morgan fingerprint density at radius 2 is 1.73 bits per heavy atom. The van der Waals surface area contributed by atoms with E-state index in [1.165, 1.54) is 0 Å². The molecule has 0 aromatic heterocycles. The summed E-state index contributed by atoms with van der Waals surface area (Å²) in [5, 5.41) is 8.63. The van der Waals surface area contributed by atoms with Crippen molar-refractivity contribution in [2.24, 2.45) is 0 Å². The summed E-state index contributed by atoms with van der Waals surface area (Å²) in [4.78, 5) is 0. The van der Waals surface area contributed by atoms with Crippen LogP contribution in [-0.4, -0.2) is 13.0 Å². The van der Waals surface area contributed by atoms with Gasteiger partial charge < -0.3 is 5.11 Å². The van der Waals surface area contributed by atoms with Crippen LogP contribution in [0.4, 0.5) is 13.2 Å². The molecular formula is C6H2BF3O. The van der Waals surface area contributed by atoms with Crippen LogP contribution in [0.15, 0.2) is 6.07 Å². The van der Waals surface area contributed by atoms with Gasteiger partial charge in [-0.1, -0.05) is 0 Å². The Kier molecular flexibility index (Phi) is 1.80. The largest absolute Gasteiger partial charge is 0.508 e. The van der Waals surface area contributed by atoms with Gasteiger partial charge in [-0.25, -0.2) is 13.2 Å². The van der Waals surface area contributed by atoms with Gasteiger partial charge in [-0.2, -0.15) is 0 Å². The molecule has 0 aliphatic heterocycles. The fraction of sp³-hybridized carbons (Fsp3) is 0. The molecule has 0 aliphatic carbocycles. The molecule has 0 unspecified atom stereocenters. The van der Waals surface area contributed by atoms with Crippen LogP contribution in [-0.2, 0) is 0 Å². The van der Waals surface area contributed by atoms with Crippen LogP contribution < -0.4 is 5.46 Å². The summed E-state index contributed by atoms with van der Waals surface area (Å²) < 4.78 is 36.8. The molecule has 1 nitrogen and oxygen atoms in total. The lowest BCUT2D eigenvalue weighted by Crippen LogP contribution is -2.12. The van der Waals surface area contributed by atoms with Crippen molar-refractivity contribution in [3.05, 3.63) is 23.5 Å². The van der Waals surface area contributed by atoms with Crippen LogP contribution in [0.2, 0.25) is 0 Å². The molecule has 56 valence electrons. The first-order valence-electron chi connectivity index (χ1n) is 2.66. The maximum absolute atomic E-state index is 12.4. The van der Waals surface area contributed by atoms with Gasteiger partial charge in [0.05, 0.1) is 0 Å². The molecule has 1 aromatic rings. The van der Waals surface area contributed by atoms with Crippen LogP contribution >= 0.6 is 0 Å². The summed E-state index contributed by atoms with van der Waals surface area (Å²) >= 11 is 0. The summed E-state index contributed by atoms with van der Waals surface area (Å²) in [6.07, 6.45) is 0. The first-order chi connectivity index (χ1) is 5.04. The zero-order valence-corrected chi connectivity index (χ0v) is 5.24. The first-order valence-corrected chi connectivity index (χ1v) is 2.66. The van der Waals surface area contributed by atoms with Gasteiger partial charge in [0.2, 0.25) is 0 Å². The standard InChI is InChI=1S/C6H2BF3O/c7-4-3(11)1-2(8)5(9)6(4)10/h1,11H. The Balaban J connectivity index is 3.46. The van der Waals surface area contributed by atoms with Gasteiger partial charge in [0.25, 0.3) is 0 Å². The summed E-state index contributed by atoms with van der Waals surface area (Å²) in [5.41, 5.74) is -0.788. The molecule has 0 spiro atoms. The first kappa shape index (κ1) is 7.98. The third kappa shape index (κ3) is 1.18. The minimum absolute atomic E-state index is 0.410. The van der Waals surface area contributed by atoms with E-state index in [1.807, 2.05) is 0 Å². The summed E-state index contributed by atoms with van der Waals surface area (Å²) in [6.45, 7) is 0. The Bertz CT molecular complexity index is 274. The molecule has 0 bridgehead atoms. The van der Waals surface area contributed by atoms with Crippen LogP contribution in [0.25, 0.3) is 0 Å². The maximum Gasteiger partial charge on any atom is 0.194 e. The van der Waals surface area contributed by atoms with Gasteiger partial charge in [-0.15, -0.1) is 0 Å². The van der Waals surface area contributed by atoms with Crippen LogP contribution in [0.1, 0.15) is 0 Å². The molecule has 0 saturated carbocycles. The summed E-state index contributed by atoms with van der Waals surface area (Å²) in [6, 6.07) is 0.410. The molecule has 0 amide bonds. The molecular weight excluding hydrogens is 156 g/mol. The molecule has 1 rings (SSSR count). The van der Waals surface area contributed by atoms with E-state index in [0.717, 1.165) is 0 Å². The average Bonchev–Trinajstić information content (AvgIpc) is 1.97. The Morgan fingerprint density at radius 3 is 2.27 bits per heavy atom. The van der Waals surface area contributed by atoms with Crippen molar-refractivity contribution in [3.63, 3.8) is 0 Å². The number of benzene rings is 1. The highest BCUT2D eigenvalue weighted by atomic mass is 19.2. The lowest BCUT2D eigenvalue weighted by molar-refractivity contribution is 0.426. The average molecular weight is 158 g/mol. The molecule has 0 fully saturated rings. The SMILES string of the molecule is [B]c1c(O)cc(F)c(F)c1F. The molecule has 2 radical (unpaired) electrons. The van der Waals surface area contributed by atoms with E-state index in [-0.39, 0.29) is 0 Å². The summed E-state index contributed by atoms with van der Waals surface area (Å²) in [5.74, 6) is -5.52. The number of rotatable bonds is 0. The van der Waals surface area contributed by atoms with E-state index in [2.05, 4.69) is 0 Å². The molecule has 0 heterocycles. The van der Waals surface area contributed by atoms with Gasteiger partial charge in [0.15, 0.2) is 17.5 Å². The lowest BCUT2D eigenvalue weighted by atomic mass is 9.94. The number of phenolic OH excluding ortho intramolecular Hbond substituents is 1. The second-order valence-electron chi connectivity index (χ2n) is 1.92. The number of aromatic hydroxyl groups is 1. The van der Waals surface area contributed by atoms with Crippen molar-refractivity contribution in [1.82, 2.24) is 0 Å². The van der Waals surface area contributed by atoms with E-state index in [4.69, 9.17) is 13.0 Å². The van der Waals surface area contributed by atoms with Gasteiger partial charge in [-0.3, -0.25) is 0 Å². The van der Waals surface area contributed by atoms with E-state index in [9.17, 15) is 13.2 Å². The predicted octanol–water partition coefficient (Wildman–Crippen LogP) is 0.603. The Hall–Kier alpha value is -1.13. The smallest absolute Gasteiger partial charge is 0.194 e. The lowest BCUT2D eigenvalue weighted by Gasteiger charge is -2.01.